The minimum Gasteiger partial charge on any atom is -0.469 e. The zero-order valence-corrected chi connectivity index (χ0v) is 31.7. The molecule has 3 nitrogen and oxygen atoms in total. The maximum atomic E-state index is 13.9. The SMILES string of the molecule is Cc1cccc(C)c1C(c1ccccc1)c1cccc(C(c2ccccc2)c2c(C)cccc2C)c1P1C(c2ccco2)CC(=O)CC1c1ccco1. The van der Waals surface area contributed by atoms with Crippen molar-refractivity contribution in [1.29, 1.82) is 0 Å². The van der Waals surface area contributed by atoms with Crippen molar-refractivity contribution in [3.8, 4) is 0 Å². The van der Waals surface area contributed by atoms with Gasteiger partial charge in [-0.25, -0.2) is 0 Å². The molecular weight excluding hydrogens is 668 g/mol. The maximum Gasteiger partial charge on any atom is 0.135 e. The second kappa shape index (κ2) is 15.0. The van der Waals surface area contributed by atoms with Crippen LogP contribution < -0.4 is 5.30 Å². The molecule has 264 valence electrons. The second-order valence-corrected chi connectivity index (χ2v) is 17.0. The summed E-state index contributed by atoms with van der Waals surface area (Å²) < 4.78 is 12.6. The van der Waals surface area contributed by atoms with E-state index in [9.17, 15) is 4.79 Å². The predicted molar refractivity (Wildman–Crippen MR) is 217 cm³/mol. The first-order valence-corrected chi connectivity index (χ1v) is 20.1. The van der Waals surface area contributed by atoms with Gasteiger partial charge in [-0.3, -0.25) is 4.79 Å². The third kappa shape index (κ3) is 6.64. The molecule has 1 fully saturated rings. The molecule has 1 aliphatic heterocycles. The van der Waals surface area contributed by atoms with Gasteiger partial charge in [-0.1, -0.05) is 123 Å². The summed E-state index contributed by atoms with van der Waals surface area (Å²) in [5.41, 5.74) is 12.5. The Balaban J connectivity index is 1.53. The Labute approximate surface area is 314 Å². The summed E-state index contributed by atoms with van der Waals surface area (Å²) in [6.45, 7) is 8.97. The van der Waals surface area contributed by atoms with Crippen molar-refractivity contribution < 1.29 is 13.6 Å². The van der Waals surface area contributed by atoms with Gasteiger partial charge in [0.1, 0.15) is 17.3 Å². The number of benzene rings is 5. The lowest BCUT2D eigenvalue weighted by molar-refractivity contribution is -0.119. The topological polar surface area (TPSA) is 43.4 Å². The van der Waals surface area contributed by atoms with Crippen molar-refractivity contribution in [2.75, 3.05) is 0 Å². The first-order chi connectivity index (χ1) is 25.9. The van der Waals surface area contributed by atoms with Gasteiger partial charge >= 0.3 is 0 Å². The van der Waals surface area contributed by atoms with Gasteiger partial charge in [0.05, 0.1) is 12.5 Å². The summed E-state index contributed by atoms with van der Waals surface area (Å²) in [7, 11) is -1.14. The first kappa shape index (κ1) is 34.8. The van der Waals surface area contributed by atoms with E-state index in [2.05, 4.69) is 155 Å². The second-order valence-electron chi connectivity index (χ2n) is 14.5. The Morgan fingerprint density at radius 2 is 0.887 bits per heavy atom. The zero-order valence-electron chi connectivity index (χ0n) is 30.8. The minimum atomic E-state index is -1.14. The van der Waals surface area contributed by atoms with Crippen LogP contribution >= 0.6 is 7.92 Å². The number of furan rings is 2. The standard InChI is InChI=1S/C49H45O3P/c1-32-16-11-17-33(2)45(32)47(36-20-7-5-8-21-36)39-24-13-25-40(48(37-22-9-6-10-23-37)46-34(3)18-12-19-35(46)4)49(39)53-43(41-26-14-28-51-41)30-38(50)31-44(53)42-27-15-29-52-42/h5-29,43-44,47-48H,30-31H2,1-4H3. The van der Waals surface area contributed by atoms with E-state index >= 15 is 0 Å². The van der Waals surface area contributed by atoms with Gasteiger partial charge in [0.15, 0.2) is 0 Å². The van der Waals surface area contributed by atoms with Gasteiger partial charge in [0, 0.05) is 36.0 Å². The number of hydrogen-bond acceptors (Lipinski definition) is 3. The molecule has 0 bridgehead atoms. The average molecular weight is 713 g/mol. The van der Waals surface area contributed by atoms with E-state index in [1.807, 2.05) is 12.1 Å². The molecule has 1 aliphatic rings. The van der Waals surface area contributed by atoms with E-state index in [1.54, 1.807) is 12.5 Å². The normalized spacial score (nSPS) is 18.5. The highest BCUT2D eigenvalue weighted by molar-refractivity contribution is 7.66. The van der Waals surface area contributed by atoms with E-state index in [-0.39, 0.29) is 28.9 Å². The van der Waals surface area contributed by atoms with Crippen LogP contribution in [0.1, 0.15) is 103 Å². The molecule has 0 radical (unpaired) electrons. The van der Waals surface area contributed by atoms with Gasteiger partial charge < -0.3 is 8.83 Å². The van der Waals surface area contributed by atoms with Crippen LogP contribution in [0.25, 0.3) is 0 Å². The van der Waals surface area contributed by atoms with Crippen LogP contribution in [0.4, 0.5) is 0 Å². The van der Waals surface area contributed by atoms with Crippen LogP contribution in [0.15, 0.2) is 161 Å². The Hall–Kier alpha value is -5.24. The van der Waals surface area contributed by atoms with Crippen LogP contribution in [0.2, 0.25) is 0 Å². The summed E-state index contributed by atoms with van der Waals surface area (Å²) in [6, 6.07) is 50.3. The molecule has 7 aromatic rings. The fourth-order valence-electron chi connectivity index (χ4n) is 8.88. The highest BCUT2D eigenvalue weighted by Crippen LogP contribution is 2.68. The third-order valence-corrected chi connectivity index (χ3v) is 14.4. The smallest absolute Gasteiger partial charge is 0.135 e. The number of rotatable bonds is 9. The molecule has 4 unspecified atom stereocenters. The number of aryl methyl sites for hydroxylation is 4. The van der Waals surface area contributed by atoms with Gasteiger partial charge in [-0.05, 0) is 113 Å². The van der Waals surface area contributed by atoms with Crippen LogP contribution in [0.5, 0.6) is 0 Å². The fourth-order valence-corrected chi connectivity index (χ4v) is 12.6. The van der Waals surface area contributed by atoms with E-state index in [4.69, 9.17) is 8.83 Å². The van der Waals surface area contributed by atoms with Gasteiger partial charge in [-0.15, -0.1) is 0 Å². The zero-order chi connectivity index (χ0) is 36.5. The number of hydrogen-bond donors (Lipinski definition) is 0. The highest BCUT2D eigenvalue weighted by atomic mass is 31.1. The molecule has 2 aromatic heterocycles. The molecule has 1 saturated heterocycles. The van der Waals surface area contributed by atoms with Crippen molar-refractivity contribution in [2.24, 2.45) is 0 Å². The third-order valence-electron chi connectivity index (χ3n) is 11.2. The molecule has 0 saturated carbocycles. The highest BCUT2D eigenvalue weighted by Gasteiger charge is 2.45. The molecule has 4 heteroatoms. The Morgan fingerprint density at radius 1 is 0.491 bits per heavy atom. The molecule has 0 aliphatic carbocycles. The van der Waals surface area contributed by atoms with Crippen molar-refractivity contribution in [1.82, 2.24) is 0 Å². The van der Waals surface area contributed by atoms with Crippen LogP contribution in [-0.2, 0) is 4.79 Å². The Morgan fingerprint density at radius 3 is 1.26 bits per heavy atom. The molecule has 0 N–H and O–H groups in total. The molecular formula is C49H45O3P. The Bertz CT molecular complexity index is 2120. The van der Waals surface area contributed by atoms with Crippen molar-refractivity contribution in [3.05, 3.63) is 219 Å². The molecule has 3 heterocycles. The largest absolute Gasteiger partial charge is 0.469 e. The molecule has 53 heavy (non-hydrogen) atoms. The van der Waals surface area contributed by atoms with Crippen molar-refractivity contribution >= 4 is 19.0 Å². The molecule has 8 rings (SSSR count). The predicted octanol–water partition coefficient (Wildman–Crippen LogP) is 12.4. The van der Waals surface area contributed by atoms with Gasteiger partial charge in [0.2, 0.25) is 0 Å². The van der Waals surface area contributed by atoms with Gasteiger partial charge in [-0.2, -0.15) is 0 Å². The molecule has 0 amide bonds. The van der Waals surface area contributed by atoms with Crippen LogP contribution in [0.3, 0.4) is 0 Å². The number of Topliss-reactive ketones (excluding diaryl/α,β-unsaturated/α-hetero) is 1. The van der Waals surface area contributed by atoms with Crippen molar-refractivity contribution in [3.63, 3.8) is 0 Å². The Kier molecular flexibility index (Phi) is 9.86. The summed E-state index contributed by atoms with van der Waals surface area (Å²) >= 11 is 0. The van der Waals surface area contributed by atoms with E-state index in [1.165, 1.54) is 60.9 Å². The summed E-state index contributed by atoms with van der Waals surface area (Å²) in [4.78, 5) is 13.9. The number of carbonyl (C=O) groups excluding carboxylic acids is 1. The van der Waals surface area contributed by atoms with Crippen LogP contribution in [0, 0.1) is 27.7 Å². The quantitative estimate of drug-likeness (QED) is 0.111. The minimum absolute atomic E-state index is 0.0450. The summed E-state index contributed by atoms with van der Waals surface area (Å²) in [5, 5.41) is 1.34. The van der Waals surface area contributed by atoms with Gasteiger partial charge in [0.25, 0.3) is 0 Å². The average Bonchev–Trinajstić information content (AvgIpc) is 3.91. The van der Waals surface area contributed by atoms with Crippen LogP contribution in [-0.4, -0.2) is 5.78 Å². The lowest BCUT2D eigenvalue weighted by atomic mass is 9.77. The molecule has 5 aromatic carbocycles. The maximum absolute atomic E-state index is 13.9. The number of ketones is 1. The fraction of sp³-hybridized carbons (Fsp3) is 0.204. The van der Waals surface area contributed by atoms with E-state index in [0.29, 0.717) is 12.8 Å². The summed E-state index contributed by atoms with van der Waals surface area (Å²) in [6.07, 6.45) is 4.37. The van der Waals surface area contributed by atoms with Crippen molar-refractivity contribution in [2.45, 2.75) is 63.7 Å². The summed E-state index contributed by atoms with van der Waals surface area (Å²) in [5.74, 6) is 1.89. The van der Waals surface area contributed by atoms with E-state index in [0.717, 1.165) is 11.5 Å². The first-order valence-electron chi connectivity index (χ1n) is 18.6. The number of carbonyl (C=O) groups is 1. The molecule has 0 spiro atoms. The lowest BCUT2D eigenvalue weighted by Gasteiger charge is -2.41. The van der Waals surface area contributed by atoms with E-state index < -0.39 is 7.92 Å². The monoisotopic (exact) mass is 712 g/mol. The molecule has 4 atom stereocenters. The lowest BCUT2D eigenvalue weighted by Crippen LogP contribution is -2.30.